The molecule has 8 heteroatoms. The molecule has 2 aromatic rings. The van der Waals surface area contributed by atoms with E-state index in [9.17, 15) is 9.59 Å². The first kappa shape index (κ1) is 15.6. The lowest BCUT2D eigenvalue weighted by atomic mass is 10.3. The number of nitrogens with zero attached hydrogens (tertiary/aromatic N) is 3. The highest BCUT2D eigenvalue weighted by Crippen LogP contribution is 2.09. The molecule has 0 aliphatic carbocycles. The average Bonchev–Trinajstić information content (AvgIpc) is 2.83. The Morgan fingerprint density at radius 2 is 2.05 bits per heavy atom. The summed E-state index contributed by atoms with van der Waals surface area (Å²) < 4.78 is 6.94. The van der Waals surface area contributed by atoms with Crippen molar-refractivity contribution in [3.63, 3.8) is 0 Å². The summed E-state index contributed by atoms with van der Waals surface area (Å²) in [4.78, 5) is 24.3. The SMILES string of the molecule is CCC(C)Nc1nn(C(=O)Oc2ccccc2)c(=O)n1NC. The van der Waals surface area contributed by atoms with Crippen molar-refractivity contribution in [2.75, 3.05) is 17.8 Å². The Labute approximate surface area is 127 Å². The van der Waals surface area contributed by atoms with Gasteiger partial charge in [0.2, 0.25) is 5.95 Å². The Kier molecular flexibility index (Phi) is 4.82. The topological polar surface area (TPSA) is 90.2 Å². The van der Waals surface area contributed by atoms with Crippen LogP contribution >= 0.6 is 0 Å². The molecule has 1 heterocycles. The Hall–Kier alpha value is -2.77. The number of hydrogen-bond donors (Lipinski definition) is 2. The third-order valence-electron chi connectivity index (χ3n) is 3.11. The van der Waals surface area contributed by atoms with Crippen LogP contribution in [-0.2, 0) is 0 Å². The summed E-state index contributed by atoms with van der Waals surface area (Å²) in [7, 11) is 1.57. The van der Waals surface area contributed by atoms with Crippen LogP contribution in [0.3, 0.4) is 0 Å². The number of ether oxygens (including phenoxy) is 1. The van der Waals surface area contributed by atoms with Gasteiger partial charge in [-0.2, -0.15) is 4.68 Å². The second-order valence-corrected chi connectivity index (χ2v) is 4.71. The summed E-state index contributed by atoms with van der Waals surface area (Å²) in [5, 5.41) is 7.04. The first-order chi connectivity index (χ1) is 10.6. The standard InChI is InChI=1S/C14H19N5O3/c1-4-10(2)16-12-17-19(13(20)18(12)15-3)14(21)22-11-8-6-5-7-9-11/h5-10,15H,4H2,1-3H3,(H,16,17). The van der Waals surface area contributed by atoms with Crippen molar-refractivity contribution in [3.05, 3.63) is 40.8 Å². The van der Waals surface area contributed by atoms with E-state index in [0.29, 0.717) is 10.4 Å². The number of rotatable bonds is 5. The molecule has 118 valence electrons. The summed E-state index contributed by atoms with van der Waals surface area (Å²) in [6.07, 6.45) is -0.0171. The Bertz CT molecular complexity index is 692. The predicted octanol–water partition coefficient (Wildman–Crippen LogP) is 1.48. The molecule has 0 aliphatic heterocycles. The Balaban J connectivity index is 2.27. The number of para-hydroxylation sites is 1. The Morgan fingerprint density at radius 1 is 1.36 bits per heavy atom. The summed E-state index contributed by atoms with van der Waals surface area (Å²) in [5.41, 5.74) is 2.05. The molecule has 1 aromatic carbocycles. The van der Waals surface area contributed by atoms with Crippen molar-refractivity contribution < 1.29 is 9.53 Å². The van der Waals surface area contributed by atoms with E-state index in [0.717, 1.165) is 11.1 Å². The fourth-order valence-electron chi connectivity index (χ4n) is 1.74. The van der Waals surface area contributed by atoms with Crippen LogP contribution in [-0.4, -0.2) is 33.6 Å². The van der Waals surface area contributed by atoms with Gasteiger partial charge in [-0.15, -0.1) is 9.78 Å². The highest BCUT2D eigenvalue weighted by Gasteiger charge is 2.20. The third-order valence-corrected chi connectivity index (χ3v) is 3.11. The molecule has 0 aliphatic rings. The number of benzene rings is 1. The molecular formula is C14H19N5O3. The molecule has 0 fully saturated rings. The number of carbonyl (C=O) groups is 1. The molecule has 2 N–H and O–H groups in total. The maximum atomic E-state index is 12.2. The van der Waals surface area contributed by atoms with Crippen molar-refractivity contribution in [2.24, 2.45) is 0 Å². The van der Waals surface area contributed by atoms with E-state index in [1.807, 2.05) is 13.8 Å². The molecule has 0 radical (unpaired) electrons. The smallest absolute Gasteiger partial charge is 0.409 e. The van der Waals surface area contributed by atoms with E-state index in [1.165, 1.54) is 0 Å². The predicted molar refractivity (Wildman–Crippen MR) is 83.0 cm³/mol. The largest absolute Gasteiger partial charge is 0.444 e. The first-order valence-corrected chi connectivity index (χ1v) is 7.00. The van der Waals surface area contributed by atoms with Crippen LogP contribution in [0.2, 0.25) is 0 Å². The maximum absolute atomic E-state index is 12.2. The van der Waals surface area contributed by atoms with Crippen molar-refractivity contribution in [1.82, 2.24) is 14.5 Å². The lowest BCUT2D eigenvalue weighted by Gasteiger charge is -2.11. The van der Waals surface area contributed by atoms with Crippen molar-refractivity contribution in [2.45, 2.75) is 26.3 Å². The van der Waals surface area contributed by atoms with Gasteiger partial charge in [0.25, 0.3) is 0 Å². The van der Waals surface area contributed by atoms with Crippen molar-refractivity contribution in [1.29, 1.82) is 0 Å². The van der Waals surface area contributed by atoms with Gasteiger partial charge in [-0.1, -0.05) is 25.1 Å². The molecule has 2 rings (SSSR count). The molecule has 1 unspecified atom stereocenters. The molecule has 0 bridgehead atoms. The van der Waals surface area contributed by atoms with Crippen molar-refractivity contribution in [3.8, 4) is 5.75 Å². The van der Waals surface area contributed by atoms with Crippen LogP contribution in [0.5, 0.6) is 5.75 Å². The van der Waals surface area contributed by atoms with E-state index in [4.69, 9.17) is 4.74 Å². The lowest BCUT2D eigenvalue weighted by Crippen LogP contribution is -2.35. The highest BCUT2D eigenvalue weighted by molar-refractivity contribution is 5.72. The zero-order chi connectivity index (χ0) is 16.1. The van der Waals surface area contributed by atoms with E-state index >= 15 is 0 Å². The van der Waals surface area contributed by atoms with Gasteiger partial charge in [0.15, 0.2) is 0 Å². The fraction of sp³-hybridized carbons (Fsp3) is 0.357. The molecule has 0 saturated carbocycles. The molecule has 1 atom stereocenters. The van der Waals surface area contributed by atoms with Crippen LogP contribution in [0.4, 0.5) is 10.7 Å². The number of hydrogen-bond acceptors (Lipinski definition) is 6. The average molecular weight is 305 g/mol. The number of nitrogens with one attached hydrogen (secondary N) is 2. The van der Waals surface area contributed by atoms with Crippen LogP contribution in [0, 0.1) is 0 Å². The number of anilines is 1. The van der Waals surface area contributed by atoms with Gasteiger partial charge in [0, 0.05) is 13.1 Å². The van der Waals surface area contributed by atoms with Gasteiger partial charge in [-0.25, -0.2) is 9.59 Å². The number of aromatic nitrogens is 3. The van der Waals surface area contributed by atoms with Gasteiger partial charge in [-0.05, 0) is 25.5 Å². The summed E-state index contributed by atoms with van der Waals surface area (Å²) in [6.45, 7) is 3.95. The van der Waals surface area contributed by atoms with E-state index in [1.54, 1.807) is 37.4 Å². The molecule has 0 amide bonds. The zero-order valence-electron chi connectivity index (χ0n) is 12.7. The molecule has 0 saturated heterocycles. The van der Waals surface area contributed by atoms with Crippen LogP contribution in [0.1, 0.15) is 20.3 Å². The molecular weight excluding hydrogens is 286 g/mol. The summed E-state index contributed by atoms with van der Waals surface area (Å²) >= 11 is 0. The third kappa shape index (κ3) is 3.27. The minimum absolute atomic E-state index is 0.104. The van der Waals surface area contributed by atoms with Crippen LogP contribution < -0.4 is 21.2 Å². The van der Waals surface area contributed by atoms with Crippen LogP contribution in [0.15, 0.2) is 35.1 Å². The second kappa shape index (κ2) is 6.79. The van der Waals surface area contributed by atoms with Gasteiger partial charge >= 0.3 is 11.8 Å². The van der Waals surface area contributed by atoms with Gasteiger partial charge < -0.3 is 15.5 Å². The Morgan fingerprint density at radius 3 is 2.64 bits per heavy atom. The maximum Gasteiger partial charge on any atom is 0.444 e. The summed E-state index contributed by atoms with van der Waals surface area (Å²) in [5.74, 6) is 0.599. The van der Waals surface area contributed by atoms with Gasteiger partial charge in [-0.3, -0.25) is 0 Å². The quantitative estimate of drug-likeness (QED) is 0.869. The van der Waals surface area contributed by atoms with E-state index in [-0.39, 0.29) is 12.0 Å². The normalized spacial score (nSPS) is 11.8. The van der Waals surface area contributed by atoms with Gasteiger partial charge in [0.05, 0.1) is 0 Å². The highest BCUT2D eigenvalue weighted by atomic mass is 16.6. The summed E-state index contributed by atoms with van der Waals surface area (Å²) in [6, 6.07) is 8.61. The zero-order valence-corrected chi connectivity index (χ0v) is 12.7. The van der Waals surface area contributed by atoms with Crippen LogP contribution in [0.25, 0.3) is 0 Å². The van der Waals surface area contributed by atoms with Crippen molar-refractivity contribution >= 4 is 12.0 Å². The van der Waals surface area contributed by atoms with E-state index in [2.05, 4.69) is 15.8 Å². The first-order valence-electron chi connectivity index (χ1n) is 7.00. The van der Waals surface area contributed by atoms with Gasteiger partial charge in [0.1, 0.15) is 5.75 Å². The molecule has 0 spiro atoms. The fourth-order valence-corrected chi connectivity index (χ4v) is 1.74. The minimum atomic E-state index is -0.864. The molecule has 1 aromatic heterocycles. The second-order valence-electron chi connectivity index (χ2n) is 4.71. The van der Waals surface area contributed by atoms with E-state index < -0.39 is 11.8 Å². The molecule has 22 heavy (non-hydrogen) atoms. The minimum Gasteiger partial charge on any atom is -0.409 e. The molecule has 8 nitrogen and oxygen atoms in total. The lowest BCUT2D eigenvalue weighted by molar-refractivity contribution is 0.197. The monoisotopic (exact) mass is 305 g/mol. The number of carbonyl (C=O) groups excluding carboxylic acids is 1.